The summed E-state index contributed by atoms with van der Waals surface area (Å²) in [5.41, 5.74) is 6.31. The van der Waals surface area contributed by atoms with Gasteiger partial charge in [0, 0.05) is 5.56 Å². The first kappa shape index (κ1) is 7.72. The van der Waals surface area contributed by atoms with Crippen LogP contribution in [-0.4, -0.2) is 6.29 Å². The van der Waals surface area contributed by atoms with Crippen LogP contribution in [0.2, 0.25) is 0 Å². The third kappa shape index (κ3) is 1.22. The molecular formula is C8H8FNO. The van der Waals surface area contributed by atoms with Crippen LogP contribution in [0.25, 0.3) is 0 Å². The van der Waals surface area contributed by atoms with Crippen molar-refractivity contribution in [2.45, 2.75) is 6.92 Å². The Kier molecular flexibility index (Phi) is 1.89. The van der Waals surface area contributed by atoms with Gasteiger partial charge in [-0.25, -0.2) is 4.39 Å². The fraction of sp³-hybridized carbons (Fsp3) is 0.125. The zero-order chi connectivity index (χ0) is 8.43. The quantitative estimate of drug-likeness (QED) is 0.491. The minimum Gasteiger partial charge on any atom is -0.396 e. The van der Waals surface area contributed by atoms with Gasteiger partial charge in [-0.15, -0.1) is 0 Å². The molecule has 0 spiro atoms. The summed E-state index contributed by atoms with van der Waals surface area (Å²) in [6, 6.07) is 2.60. The van der Waals surface area contributed by atoms with Crippen LogP contribution in [0.3, 0.4) is 0 Å². The van der Waals surface area contributed by atoms with E-state index in [4.69, 9.17) is 5.73 Å². The van der Waals surface area contributed by atoms with Gasteiger partial charge < -0.3 is 5.73 Å². The molecule has 0 atom stereocenters. The molecule has 0 amide bonds. The van der Waals surface area contributed by atoms with E-state index in [0.29, 0.717) is 17.4 Å². The molecular weight excluding hydrogens is 145 g/mol. The molecule has 0 heterocycles. The lowest BCUT2D eigenvalue weighted by molar-refractivity contribution is 0.112. The number of nitrogens with two attached hydrogens (primary N) is 1. The Morgan fingerprint density at radius 1 is 1.55 bits per heavy atom. The van der Waals surface area contributed by atoms with E-state index in [2.05, 4.69) is 0 Å². The van der Waals surface area contributed by atoms with Crippen LogP contribution >= 0.6 is 0 Å². The number of hydrogen-bond donors (Lipinski definition) is 1. The second-order valence-electron chi connectivity index (χ2n) is 2.29. The van der Waals surface area contributed by atoms with Crippen molar-refractivity contribution in [2.24, 2.45) is 0 Å². The molecule has 2 N–H and O–H groups in total. The van der Waals surface area contributed by atoms with Crippen LogP contribution in [0.15, 0.2) is 12.1 Å². The minimum absolute atomic E-state index is 0.0506. The summed E-state index contributed by atoms with van der Waals surface area (Å²) in [6.45, 7) is 1.61. The smallest absolute Gasteiger partial charge is 0.150 e. The van der Waals surface area contributed by atoms with Crippen LogP contribution < -0.4 is 5.73 Å². The number of carbonyl (C=O) groups excluding carboxylic acids is 1. The Bertz CT molecular complexity index is 296. The molecule has 0 aliphatic rings. The summed E-state index contributed by atoms with van der Waals surface area (Å²) in [4.78, 5) is 10.3. The Morgan fingerprint density at radius 3 is 2.73 bits per heavy atom. The van der Waals surface area contributed by atoms with Gasteiger partial charge in [0.1, 0.15) is 12.1 Å². The number of rotatable bonds is 1. The number of hydrogen-bond acceptors (Lipinski definition) is 2. The fourth-order valence-corrected chi connectivity index (χ4v) is 0.840. The monoisotopic (exact) mass is 153 g/mol. The van der Waals surface area contributed by atoms with Crippen LogP contribution in [0.5, 0.6) is 0 Å². The van der Waals surface area contributed by atoms with Crippen molar-refractivity contribution in [3.05, 3.63) is 29.1 Å². The van der Waals surface area contributed by atoms with Gasteiger partial charge >= 0.3 is 0 Å². The standard InChI is InChI=1S/C8H8FNO/c1-5-6(4-11)2-3-7(9)8(5)10/h2-4H,10H2,1H3. The van der Waals surface area contributed by atoms with E-state index in [1.165, 1.54) is 12.1 Å². The predicted octanol–water partition coefficient (Wildman–Crippen LogP) is 1.53. The van der Waals surface area contributed by atoms with Crippen LogP contribution in [0.4, 0.5) is 10.1 Å². The third-order valence-corrected chi connectivity index (χ3v) is 1.63. The third-order valence-electron chi connectivity index (χ3n) is 1.63. The molecule has 0 aliphatic heterocycles. The van der Waals surface area contributed by atoms with Gasteiger partial charge in [0.25, 0.3) is 0 Å². The molecule has 0 saturated heterocycles. The topological polar surface area (TPSA) is 43.1 Å². The molecule has 11 heavy (non-hydrogen) atoms. The average Bonchev–Trinajstić information content (AvgIpc) is 2.01. The van der Waals surface area contributed by atoms with E-state index in [0.717, 1.165) is 0 Å². The molecule has 0 aliphatic carbocycles. The van der Waals surface area contributed by atoms with Gasteiger partial charge in [-0.2, -0.15) is 0 Å². The van der Waals surface area contributed by atoms with Crippen molar-refractivity contribution in [1.82, 2.24) is 0 Å². The maximum atomic E-state index is 12.7. The van der Waals surface area contributed by atoms with E-state index >= 15 is 0 Å². The molecule has 1 rings (SSSR count). The Morgan fingerprint density at radius 2 is 2.18 bits per heavy atom. The molecule has 58 valence electrons. The van der Waals surface area contributed by atoms with Crippen LogP contribution in [0, 0.1) is 12.7 Å². The molecule has 0 aromatic heterocycles. The number of nitrogen functional groups attached to an aromatic ring is 1. The highest BCUT2D eigenvalue weighted by Crippen LogP contribution is 2.17. The van der Waals surface area contributed by atoms with Gasteiger partial charge in [0.15, 0.2) is 0 Å². The summed E-state index contributed by atoms with van der Waals surface area (Å²) in [7, 11) is 0. The summed E-state index contributed by atoms with van der Waals surface area (Å²) in [5.74, 6) is -0.479. The lowest BCUT2D eigenvalue weighted by Crippen LogP contribution is -1.97. The highest BCUT2D eigenvalue weighted by atomic mass is 19.1. The largest absolute Gasteiger partial charge is 0.396 e. The van der Waals surface area contributed by atoms with E-state index < -0.39 is 5.82 Å². The van der Waals surface area contributed by atoms with E-state index in [1.807, 2.05) is 0 Å². The van der Waals surface area contributed by atoms with Crippen molar-refractivity contribution >= 4 is 12.0 Å². The highest BCUT2D eigenvalue weighted by Gasteiger charge is 2.04. The molecule has 3 heteroatoms. The first-order valence-electron chi connectivity index (χ1n) is 3.16. The number of halogens is 1. The van der Waals surface area contributed by atoms with Crippen molar-refractivity contribution in [2.75, 3.05) is 5.73 Å². The normalized spacial score (nSPS) is 9.64. The van der Waals surface area contributed by atoms with Crippen molar-refractivity contribution in [3.63, 3.8) is 0 Å². The van der Waals surface area contributed by atoms with Gasteiger partial charge in [0.05, 0.1) is 5.69 Å². The zero-order valence-corrected chi connectivity index (χ0v) is 6.10. The molecule has 0 radical (unpaired) electrons. The first-order valence-corrected chi connectivity index (χ1v) is 3.16. The molecule has 1 aromatic rings. The van der Waals surface area contributed by atoms with Gasteiger partial charge in [0.2, 0.25) is 0 Å². The first-order chi connectivity index (χ1) is 5.16. The van der Waals surface area contributed by atoms with E-state index in [1.54, 1.807) is 6.92 Å². The van der Waals surface area contributed by atoms with E-state index in [-0.39, 0.29) is 5.69 Å². The number of anilines is 1. The summed E-state index contributed by atoms with van der Waals surface area (Å²) in [5, 5.41) is 0. The number of aldehydes is 1. The Balaban J connectivity index is 3.36. The summed E-state index contributed by atoms with van der Waals surface area (Å²) >= 11 is 0. The molecule has 0 saturated carbocycles. The second-order valence-corrected chi connectivity index (χ2v) is 2.29. The van der Waals surface area contributed by atoms with Gasteiger partial charge in [-0.3, -0.25) is 4.79 Å². The highest BCUT2D eigenvalue weighted by molar-refractivity contribution is 5.80. The lowest BCUT2D eigenvalue weighted by atomic mass is 10.1. The second kappa shape index (κ2) is 2.70. The molecule has 0 unspecified atom stereocenters. The maximum absolute atomic E-state index is 12.7. The molecule has 0 bridgehead atoms. The van der Waals surface area contributed by atoms with Crippen LogP contribution in [-0.2, 0) is 0 Å². The van der Waals surface area contributed by atoms with E-state index in [9.17, 15) is 9.18 Å². The molecule has 2 nitrogen and oxygen atoms in total. The maximum Gasteiger partial charge on any atom is 0.150 e. The SMILES string of the molecule is Cc1c(C=O)ccc(F)c1N. The molecule has 1 aromatic carbocycles. The summed E-state index contributed by atoms with van der Waals surface area (Å²) < 4.78 is 12.7. The fourth-order valence-electron chi connectivity index (χ4n) is 0.840. The van der Waals surface area contributed by atoms with Crippen LogP contribution in [0.1, 0.15) is 15.9 Å². The van der Waals surface area contributed by atoms with Crippen molar-refractivity contribution in [3.8, 4) is 0 Å². The minimum atomic E-state index is -0.479. The predicted molar refractivity (Wildman–Crippen MR) is 40.9 cm³/mol. The number of carbonyl (C=O) groups is 1. The Hall–Kier alpha value is -1.38. The Labute approximate surface area is 63.8 Å². The number of benzene rings is 1. The zero-order valence-electron chi connectivity index (χ0n) is 6.10. The summed E-state index contributed by atoms with van der Waals surface area (Å²) in [6.07, 6.45) is 0.658. The van der Waals surface area contributed by atoms with Gasteiger partial charge in [-0.1, -0.05) is 0 Å². The molecule has 0 fully saturated rings. The van der Waals surface area contributed by atoms with Crippen molar-refractivity contribution in [1.29, 1.82) is 0 Å². The lowest BCUT2D eigenvalue weighted by Gasteiger charge is -2.02. The van der Waals surface area contributed by atoms with Gasteiger partial charge in [-0.05, 0) is 24.6 Å². The average molecular weight is 153 g/mol. The van der Waals surface area contributed by atoms with Crippen molar-refractivity contribution < 1.29 is 9.18 Å².